The van der Waals surface area contributed by atoms with Gasteiger partial charge in [-0.2, -0.15) is 0 Å². The van der Waals surface area contributed by atoms with Crippen LogP contribution in [-0.4, -0.2) is 15.0 Å². The minimum Gasteiger partial charge on any atom is -0.381 e. The molecular weight excluding hydrogens is 233 g/mol. The highest BCUT2D eigenvalue weighted by Gasteiger charge is 2.17. The molecule has 0 amide bonds. The Morgan fingerprint density at radius 1 is 1.29 bits per heavy atom. The third kappa shape index (κ3) is 1.83. The summed E-state index contributed by atoms with van der Waals surface area (Å²) in [5.41, 5.74) is 5.56. The van der Waals surface area contributed by atoms with E-state index >= 15 is 0 Å². The van der Waals surface area contributed by atoms with Gasteiger partial charge >= 0.3 is 0 Å². The van der Waals surface area contributed by atoms with Gasteiger partial charge in [-0.25, -0.2) is 17.9 Å². The Balaban J connectivity index is 2.68. The second-order valence-corrected chi connectivity index (χ2v) is 3.41. The van der Waals surface area contributed by atoms with E-state index in [9.17, 15) is 13.2 Å². The van der Waals surface area contributed by atoms with E-state index in [1.807, 2.05) is 0 Å². The van der Waals surface area contributed by atoms with Crippen molar-refractivity contribution in [2.24, 2.45) is 0 Å². The van der Waals surface area contributed by atoms with Gasteiger partial charge in [-0.3, -0.25) is 0 Å². The Morgan fingerprint density at radius 3 is 2.65 bits per heavy atom. The van der Waals surface area contributed by atoms with Crippen molar-refractivity contribution in [3.05, 3.63) is 35.3 Å². The van der Waals surface area contributed by atoms with E-state index in [0.717, 1.165) is 10.7 Å². The van der Waals surface area contributed by atoms with Gasteiger partial charge in [0, 0.05) is 12.1 Å². The first kappa shape index (κ1) is 11.4. The lowest BCUT2D eigenvalue weighted by atomic mass is 10.2. The largest absolute Gasteiger partial charge is 0.381 e. The molecule has 1 aromatic heterocycles. The molecule has 0 unspecified atom stereocenters. The molecule has 0 saturated heterocycles. The zero-order valence-electron chi connectivity index (χ0n) is 8.91. The summed E-state index contributed by atoms with van der Waals surface area (Å²) in [5.74, 6) is -3.26. The molecule has 0 aliphatic rings. The van der Waals surface area contributed by atoms with E-state index in [1.54, 1.807) is 6.92 Å². The van der Waals surface area contributed by atoms with E-state index < -0.39 is 17.5 Å². The normalized spacial score (nSPS) is 10.8. The van der Waals surface area contributed by atoms with Gasteiger partial charge in [-0.15, -0.1) is 5.10 Å². The molecule has 0 radical (unpaired) electrons. The van der Waals surface area contributed by atoms with Gasteiger partial charge < -0.3 is 5.73 Å². The molecule has 0 atom stereocenters. The van der Waals surface area contributed by atoms with Gasteiger partial charge in [0.1, 0.15) is 11.5 Å². The number of hydrogen-bond acceptors (Lipinski definition) is 3. The maximum atomic E-state index is 13.5. The summed E-state index contributed by atoms with van der Waals surface area (Å²) in [6.45, 7) is 1.75. The molecule has 7 heteroatoms. The zero-order valence-corrected chi connectivity index (χ0v) is 8.91. The fourth-order valence-corrected chi connectivity index (χ4v) is 1.53. The van der Waals surface area contributed by atoms with Crippen LogP contribution < -0.4 is 5.73 Å². The molecule has 1 heterocycles. The van der Waals surface area contributed by atoms with Crippen molar-refractivity contribution in [1.82, 2.24) is 15.0 Å². The van der Waals surface area contributed by atoms with E-state index in [-0.39, 0.29) is 11.5 Å². The number of benzene rings is 1. The molecule has 0 bridgehead atoms. The lowest BCUT2D eigenvalue weighted by Gasteiger charge is -2.07. The molecule has 2 aromatic rings. The van der Waals surface area contributed by atoms with Crippen LogP contribution in [-0.2, 0) is 6.42 Å². The number of halogens is 3. The third-order valence-electron chi connectivity index (χ3n) is 2.33. The Labute approximate surface area is 94.9 Å². The van der Waals surface area contributed by atoms with Crippen molar-refractivity contribution < 1.29 is 13.2 Å². The molecule has 90 valence electrons. The first-order chi connectivity index (χ1) is 8.04. The average Bonchev–Trinajstić information content (AvgIpc) is 2.64. The molecule has 4 nitrogen and oxygen atoms in total. The molecule has 2 N–H and O–H groups in total. The van der Waals surface area contributed by atoms with Gasteiger partial charge in [0.05, 0.1) is 5.69 Å². The number of nitrogen functional groups attached to an aromatic ring is 1. The zero-order chi connectivity index (χ0) is 12.6. The minimum absolute atomic E-state index is 0.108. The predicted molar refractivity (Wildman–Crippen MR) is 55.0 cm³/mol. The molecule has 0 fully saturated rings. The summed E-state index contributed by atoms with van der Waals surface area (Å²) >= 11 is 0. The molecule has 0 saturated carbocycles. The van der Waals surface area contributed by atoms with Crippen molar-refractivity contribution in [3.8, 4) is 5.69 Å². The maximum Gasteiger partial charge on any atom is 0.184 e. The minimum atomic E-state index is -1.28. The molecule has 0 aliphatic heterocycles. The Kier molecular flexibility index (Phi) is 2.74. The fraction of sp³-hybridized carbons (Fsp3) is 0.200. The lowest BCUT2D eigenvalue weighted by molar-refractivity contribution is 0.485. The van der Waals surface area contributed by atoms with E-state index in [2.05, 4.69) is 10.3 Å². The Morgan fingerprint density at radius 2 is 2.00 bits per heavy atom. The monoisotopic (exact) mass is 242 g/mol. The fourth-order valence-electron chi connectivity index (χ4n) is 1.53. The standard InChI is InChI=1S/C10H9F3N4/c1-2-7-10(14)15-16-17(7)8-4-5(11)3-6(12)9(8)13/h3-4H,2,14H2,1H3. The number of anilines is 1. The SMILES string of the molecule is CCc1c(N)nnn1-c1cc(F)cc(F)c1F. The van der Waals surface area contributed by atoms with E-state index in [1.165, 1.54) is 0 Å². The van der Waals surface area contributed by atoms with Crippen molar-refractivity contribution in [3.63, 3.8) is 0 Å². The van der Waals surface area contributed by atoms with Gasteiger partial charge in [0.25, 0.3) is 0 Å². The second-order valence-electron chi connectivity index (χ2n) is 3.41. The number of rotatable bonds is 2. The van der Waals surface area contributed by atoms with Gasteiger partial charge in [-0.05, 0) is 6.42 Å². The van der Waals surface area contributed by atoms with Crippen LogP contribution >= 0.6 is 0 Å². The summed E-state index contributed by atoms with van der Waals surface area (Å²) in [6.07, 6.45) is 0.413. The van der Waals surface area contributed by atoms with Crippen LogP contribution in [0.15, 0.2) is 12.1 Å². The van der Waals surface area contributed by atoms with E-state index in [4.69, 9.17) is 5.73 Å². The highest BCUT2D eigenvalue weighted by atomic mass is 19.2. The summed E-state index contributed by atoms with van der Waals surface area (Å²) in [5, 5.41) is 7.11. The number of hydrogen-bond donors (Lipinski definition) is 1. The molecule has 2 rings (SSSR count). The average molecular weight is 242 g/mol. The molecule has 1 aromatic carbocycles. The van der Waals surface area contributed by atoms with Crippen LogP contribution in [0, 0.1) is 17.5 Å². The van der Waals surface area contributed by atoms with Crippen LogP contribution in [0.1, 0.15) is 12.6 Å². The third-order valence-corrected chi connectivity index (χ3v) is 2.33. The van der Waals surface area contributed by atoms with Crippen LogP contribution in [0.5, 0.6) is 0 Å². The summed E-state index contributed by atoms with van der Waals surface area (Å²) in [4.78, 5) is 0. The lowest BCUT2D eigenvalue weighted by Crippen LogP contribution is -2.07. The van der Waals surface area contributed by atoms with E-state index in [0.29, 0.717) is 18.2 Å². The van der Waals surface area contributed by atoms with Crippen LogP contribution in [0.2, 0.25) is 0 Å². The number of nitrogens with zero attached hydrogens (tertiary/aromatic N) is 3. The summed E-state index contributed by atoms with van der Waals surface area (Å²) in [6, 6.07) is 1.30. The molecular formula is C10H9F3N4. The van der Waals surface area contributed by atoms with Gasteiger partial charge in [0.15, 0.2) is 17.5 Å². The topological polar surface area (TPSA) is 56.7 Å². The van der Waals surface area contributed by atoms with Crippen LogP contribution in [0.25, 0.3) is 5.69 Å². The molecule has 0 aliphatic carbocycles. The maximum absolute atomic E-state index is 13.5. The highest BCUT2D eigenvalue weighted by molar-refractivity contribution is 5.42. The van der Waals surface area contributed by atoms with Gasteiger partial charge in [0.2, 0.25) is 0 Å². The molecule has 0 spiro atoms. The number of nitrogens with two attached hydrogens (primary N) is 1. The van der Waals surface area contributed by atoms with Crippen LogP contribution in [0.3, 0.4) is 0 Å². The quantitative estimate of drug-likeness (QED) is 0.817. The first-order valence-electron chi connectivity index (χ1n) is 4.89. The summed E-state index contributed by atoms with van der Waals surface area (Å²) in [7, 11) is 0. The Bertz CT molecular complexity index is 565. The summed E-state index contributed by atoms with van der Waals surface area (Å²) < 4.78 is 40.6. The smallest absolute Gasteiger partial charge is 0.184 e. The van der Waals surface area contributed by atoms with Crippen molar-refractivity contribution >= 4 is 5.82 Å². The number of aromatic nitrogens is 3. The first-order valence-corrected chi connectivity index (χ1v) is 4.89. The van der Waals surface area contributed by atoms with Gasteiger partial charge in [-0.1, -0.05) is 12.1 Å². The van der Waals surface area contributed by atoms with Crippen molar-refractivity contribution in [2.45, 2.75) is 13.3 Å². The van der Waals surface area contributed by atoms with Crippen molar-refractivity contribution in [1.29, 1.82) is 0 Å². The molecule has 17 heavy (non-hydrogen) atoms. The second kappa shape index (κ2) is 4.08. The Hall–Kier alpha value is -2.05. The van der Waals surface area contributed by atoms with Crippen molar-refractivity contribution in [2.75, 3.05) is 5.73 Å². The highest BCUT2D eigenvalue weighted by Crippen LogP contribution is 2.21. The predicted octanol–water partition coefficient (Wildman–Crippen LogP) is 1.83. The van der Waals surface area contributed by atoms with Crippen LogP contribution in [0.4, 0.5) is 19.0 Å².